The normalized spacial score (nSPS) is 13.3. The number of hydrogen-bond acceptors (Lipinski definition) is 3. The molecule has 0 spiro atoms. The third-order valence-corrected chi connectivity index (χ3v) is 8.95. The molecular weight excluding hydrogens is 560 g/mol. The van der Waals surface area contributed by atoms with Crippen LogP contribution in [-0.4, -0.2) is 16.1 Å². The van der Waals surface area contributed by atoms with Crippen LogP contribution >= 0.6 is 0 Å². The Morgan fingerprint density at radius 1 is 0.587 bits per heavy atom. The Hall–Kier alpha value is -6.13. The maximum absolute atomic E-state index is 4.78. The number of para-hydroxylation sites is 3. The molecule has 0 unspecified atom stereocenters. The highest BCUT2D eigenvalue weighted by Gasteiger charge is 2.28. The molecule has 1 N–H and O–H groups in total. The van der Waals surface area contributed by atoms with E-state index >= 15 is 0 Å². The molecule has 0 saturated carbocycles. The Bertz CT molecular complexity index is 2330. The zero-order valence-corrected chi connectivity index (χ0v) is 25.1. The van der Waals surface area contributed by atoms with Gasteiger partial charge in [-0.1, -0.05) is 91.0 Å². The van der Waals surface area contributed by atoms with Gasteiger partial charge in [0.25, 0.3) is 0 Å². The van der Waals surface area contributed by atoms with E-state index in [1.165, 1.54) is 33.3 Å². The lowest BCUT2D eigenvalue weighted by Crippen LogP contribution is -2.14. The fourth-order valence-corrected chi connectivity index (χ4v) is 6.86. The molecule has 2 aromatic heterocycles. The fourth-order valence-electron chi connectivity index (χ4n) is 6.86. The Kier molecular flexibility index (Phi) is 6.17. The number of benzene rings is 5. The summed E-state index contributed by atoms with van der Waals surface area (Å²) < 4.78 is 2.41. The Labute approximate surface area is 268 Å². The van der Waals surface area contributed by atoms with Gasteiger partial charge in [-0.25, -0.2) is 0 Å². The average molecular weight is 591 g/mol. The predicted octanol–water partition coefficient (Wildman–Crippen LogP) is 10.3. The minimum Gasteiger partial charge on any atom is -0.381 e. The van der Waals surface area contributed by atoms with Gasteiger partial charge in [-0.2, -0.15) is 0 Å². The molecule has 218 valence electrons. The Balaban J connectivity index is 1.33. The van der Waals surface area contributed by atoms with Crippen molar-refractivity contribution >= 4 is 33.8 Å². The monoisotopic (exact) mass is 590 g/mol. The van der Waals surface area contributed by atoms with Crippen molar-refractivity contribution in [2.45, 2.75) is 0 Å². The van der Waals surface area contributed by atoms with Gasteiger partial charge in [0.1, 0.15) is 5.82 Å². The van der Waals surface area contributed by atoms with Gasteiger partial charge in [-0.3, -0.25) is 14.5 Å². The molecule has 46 heavy (non-hydrogen) atoms. The number of rotatable bonds is 4. The first-order chi connectivity index (χ1) is 22.8. The molecule has 9 rings (SSSR count). The van der Waals surface area contributed by atoms with Crippen LogP contribution in [0.5, 0.6) is 0 Å². The van der Waals surface area contributed by atoms with Gasteiger partial charge >= 0.3 is 0 Å². The van der Waals surface area contributed by atoms with Crippen LogP contribution in [0.25, 0.3) is 55.8 Å². The van der Waals surface area contributed by atoms with Crippen LogP contribution in [0.3, 0.4) is 0 Å². The van der Waals surface area contributed by atoms with E-state index in [1.807, 2.05) is 12.3 Å². The molecule has 0 bridgehead atoms. The molecule has 0 saturated heterocycles. The van der Waals surface area contributed by atoms with Gasteiger partial charge in [-0.05, 0) is 83.4 Å². The molecule has 2 aliphatic rings. The zero-order valence-electron chi connectivity index (χ0n) is 25.1. The molecule has 4 heteroatoms. The number of allylic oxidation sites excluding steroid dienone is 2. The first-order valence-corrected chi connectivity index (χ1v) is 15.7. The van der Waals surface area contributed by atoms with E-state index in [4.69, 9.17) is 4.98 Å². The van der Waals surface area contributed by atoms with Gasteiger partial charge in [0.15, 0.2) is 0 Å². The maximum atomic E-state index is 4.78. The quantitative estimate of drug-likeness (QED) is 0.221. The highest BCUT2D eigenvalue weighted by Crippen LogP contribution is 2.49. The van der Waals surface area contributed by atoms with Gasteiger partial charge in [0, 0.05) is 46.2 Å². The third kappa shape index (κ3) is 4.34. The van der Waals surface area contributed by atoms with Crippen LogP contribution in [0.1, 0.15) is 5.56 Å². The summed E-state index contributed by atoms with van der Waals surface area (Å²) >= 11 is 0. The second kappa shape index (κ2) is 10.8. The zero-order chi connectivity index (χ0) is 30.5. The van der Waals surface area contributed by atoms with Crippen LogP contribution in [-0.2, 0) is 0 Å². The van der Waals surface area contributed by atoms with E-state index in [0.29, 0.717) is 0 Å². The summed E-state index contributed by atoms with van der Waals surface area (Å²) in [6.45, 7) is 0.833. The van der Waals surface area contributed by atoms with Crippen molar-refractivity contribution < 1.29 is 0 Å². The minimum absolute atomic E-state index is 0.833. The van der Waals surface area contributed by atoms with E-state index in [1.54, 1.807) is 0 Å². The molecule has 0 amide bonds. The summed E-state index contributed by atoms with van der Waals surface area (Å²) in [5.74, 6) is 1.10. The lowest BCUT2D eigenvalue weighted by atomic mass is 9.96. The van der Waals surface area contributed by atoms with Crippen LogP contribution in [0.4, 0.5) is 17.2 Å². The molecule has 7 aromatic rings. The van der Waals surface area contributed by atoms with Crippen molar-refractivity contribution in [2.75, 3.05) is 11.4 Å². The van der Waals surface area contributed by atoms with Gasteiger partial charge in [-0.15, -0.1) is 0 Å². The number of dihydropyridines is 1. The average Bonchev–Trinajstić information content (AvgIpc) is 3.46. The van der Waals surface area contributed by atoms with Crippen molar-refractivity contribution in [3.8, 4) is 39.2 Å². The lowest BCUT2D eigenvalue weighted by Gasteiger charge is -2.27. The number of nitrogens with one attached hydrogen (secondary N) is 1. The van der Waals surface area contributed by atoms with Crippen LogP contribution < -0.4 is 10.2 Å². The van der Waals surface area contributed by atoms with Gasteiger partial charge in [0.2, 0.25) is 0 Å². The van der Waals surface area contributed by atoms with Crippen molar-refractivity contribution in [1.29, 1.82) is 0 Å². The highest BCUT2D eigenvalue weighted by molar-refractivity contribution is 6.00. The lowest BCUT2D eigenvalue weighted by molar-refractivity contribution is 0.996. The summed E-state index contributed by atoms with van der Waals surface area (Å²) in [4.78, 5) is 7.21. The summed E-state index contributed by atoms with van der Waals surface area (Å²) in [7, 11) is 0. The van der Waals surface area contributed by atoms with Crippen molar-refractivity contribution in [3.05, 3.63) is 170 Å². The topological polar surface area (TPSA) is 33.1 Å². The number of pyridine rings is 1. The van der Waals surface area contributed by atoms with Crippen LogP contribution in [0.2, 0.25) is 0 Å². The molecule has 0 radical (unpaired) electrons. The first-order valence-electron chi connectivity index (χ1n) is 15.7. The minimum atomic E-state index is 0.833. The second-order valence-corrected chi connectivity index (χ2v) is 11.7. The van der Waals surface area contributed by atoms with E-state index in [2.05, 4.69) is 166 Å². The second-order valence-electron chi connectivity index (χ2n) is 11.7. The smallest absolute Gasteiger partial charge is 0.123 e. The van der Waals surface area contributed by atoms with E-state index in [0.717, 1.165) is 51.8 Å². The SMILES string of the molecule is C1=CCNC(c2cccc(-c3cc(-c4ccccn4)cc(N4c5ccccc5-c5ccccc5-n5c4cc4ccccc45)c3)c2)=C1. The fraction of sp³-hybridized carbons (Fsp3) is 0.0238. The number of fused-ring (bicyclic) bond motifs is 7. The standard InChI is InChI=1S/C42H30N4/c1-4-19-39-31(12-1)28-42-45(40-20-5-2-15-35(40)36-16-3-6-21-41(36)46(39)42)34-26-32(25-33(27-34)38-18-8-10-23-44-38)29-13-11-14-30(24-29)37-17-7-9-22-43-37/h1-21,23-28,43H,22H2. The van der Waals surface area contributed by atoms with Crippen molar-refractivity contribution in [3.63, 3.8) is 0 Å². The number of anilines is 3. The number of hydrogen-bond donors (Lipinski definition) is 1. The van der Waals surface area contributed by atoms with Crippen molar-refractivity contribution in [1.82, 2.24) is 14.9 Å². The molecule has 0 fully saturated rings. The molecular formula is C42H30N4. The van der Waals surface area contributed by atoms with E-state index in [9.17, 15) is 0 Å². The molecule has 0 atom stereocenters. The molecule has 4 heterocycles. The summed E-state index contributed by atoms with van der Waals surface area (Å²) in [5, 5.41) is 4.72. The Morgan fingerprint density at radius 2 is 1.33 bits per heavy atom. The van der Waals surface area contributed by atoms with Crippen LogP contribution in [0.15, 0.2) is 164 Å². The van der Waals surface area contributed by atoms with E-state index in [-0.39, 0.29) is 0 Å². The predicted molar refractivity (Wildman–Crippen MR) is 191 cm³/mol. The summed E-state index contributed by atoms with van der Waals surface area (Å²) in [6.07, 6.45) is 8.26. The number of nitrogens with zero attached hydrogens (tertiary/aromatic N) is 3. The molecule has 4 nitrogen and oxygen atoms in total. The van der Waals surface area contributed by atoms with Crippen molar-refractivity contribution in [2.24, 2.45) is 0 Å². The van der Waals surface area contributed by atoms with Gasteiger partial charge in [0.05, 0.1) is 22.6 Å². The largest absolute Gasteiger partial charge is 0.381 e. The third-order valence-electron chi connectivity index (χ3n) is 8.95. The molecule has 5 aromatic carbocycles. The molecule has 2 aliphatic heterocycles. The Morgan fingerprint density at radius 3 is 2.17 bits per heavy atom. The summed E-state index contributed by atoms with van der Waals surface area (Å²) in [5.41, 5.74) is 13.6. The highest BCUT2D eigenvalue weighted by atomic mass is 15.3. The first kappa shape index (κ1) is 26.3. The molecule has 0 aliphatic carbocycles. The number of aromatic nitrogens is 2. The van der Waals surface area contributed by atoms with Crippen LogP contribution in [0, 0.1) is 0 Å². The van der Waals surface area contributed by atoms with E-state index < -0.39 is 0 Å². The summed E-state index contributed by atoms with van der Waals surface area (Å²) in [6, 6.07) is 50.2. The maximum Gasteiger partial charge on any atom is 0.123 e. The van der Waals surface area contributed by atoms with Gasteiger partial charge < -0.3 is 5.32 Å².